The van der Waals surface area contributed by atoms with E-state index in [9.17, 15) is 9.90 Å². The molecule has 1 amide bonds. The third kappa shape index (κ3) is 3.51. The summed E-state index contributed by atoms with van der Waals surface area (Å²) in [6.07, 6.45) is -0.540. The van der Waals surface area contributed by atoms with E-state index in [1.54, 1.807) is 43.3 Å². The van der Waals surface area contributed by atoms with Crippen LogP contribution in [0.15, 0.2) is 42.5 Å². The van der Waals surface area contributed by atoms with Crippen LogP contribution in [0.25, 0.3) is 0 Å². The van der Waals surface area contributed by atoms with Crippen molar-refractivity contribution < 1.29 is 9.90 Å². The van der Waals surface area contributed by atoms with Gasteiger partial charge in [-0.15, -0.1) is 0 Å². The molecule has 20 heavy (non-hydrogen) atoms. The van der Waals surface area contributed by atoms with Crippen molar-refractivity contribution >= 4 is 34.8 Å². The summed E-state index contributed by atoms with van der Waals surface area (Å²) in [6, 6.07) is 11.7. The Labute approximate surface area is 127 Å². The molecule has 0 saturated carbocycles. The molecule has 2 N–H and O–H groups in total. The van der Waals surface area contributed by atoms with E-state index >= 15 is 0 Å². The van der Waals surface area contributed by atoms with Gasteiger partial charge in [-0.2, -0.15) is 0 Å². The first kappa shape index (κ1) is 14.9. The lowest BCUT2D eigenvalue weighted by molar-refractivity contribution is 0.102. The minimum Gasteiger partial charge on any atom is -0.389 e. The lowest BCUT2D eigenvalue weighted by Gasteiger charge is -2.09. The van der Waals surface area contributed by atoms with Crippen molar-refractivity contribution in [3.8, 4) is 0 Å². The fourth-order valence-electron chi connectivity index (χ4n) is 1.71. The van der Waals surface area contributed by atoms with Crippen LogP contribution in [0.3, 0.4) is 0 Å². The van der Waals surface area contributed by atoms with E-state index in [0.717, 1.165) is 5.56 Å². The third-order valence-electron chi connectivity index (χ3n) is 2.82. The van der Waals surface area contributed by atoms with E-state index in [2.05, 4.69) is 5.32 Å². The van der Waals surface area contributed by atoms with Gasteiger partial charge in [0, 0.05) is 10.7 Å². The number of nitrogens with one attached hydrogen (secondary N) is 1. The molecule has 0 unspecified atom stereocenters. The number of amides is 1. The van der Waals surface area contributed by atoms with Crippen LogP contribution in [-0.4, -0.2) is 11.0 Å². The SMILES string of the molecule is C[C@H](O)c1ccc(NC(=O)c2cc(Cl)ccc2Cl)cc1. The van der Waals surface area contributed by atoms with Gasteiger partial charge in [-0.1, -0.05) is 35.3 Å². The van der Waals surface area contributed by atoms with Crippen molar-refractivity contribution in [2.24, 2.45) is 0 Å². The first-order valence-corrected chi connectivity index (χ1v) is 6.77. The summed E-state index contributed by atoms with van der Waals surface area (Å²) in [7, 11) is 0. The highest BCUT2D eigenvalue weighted by Crippen LogP contribution is 2.22. The number of carbonyl (C=O) groups excluding carboxylic acids is 1. The van der Waals surface area contributed by atoms with Crippen LogP contribution in [0.2, 0.25) is 10.0 Å². The Balaban J connectivity index is 2.17. The third-order valence-corrected chi connectivity index (χ3v) is 3.39. The van der Waals surface area contributed by atoms with Gasteiger partial charge < -0.3 is 10.4 Å². The maximum atomic E-state index is 12.1. The standard InChI is InChI=1S/C15H13Cl2NO2/c1-9(19)10-2-5-12(6-3-10)18-15(20)13-8-11(16)4-7-14(13)17/h2-9,19H,1H3,(H,18,20)/t9-/m0/s1. The highest BCUT2D eigenvalue weighted by atomic mass is 35.5. The summed E-state index contributed by atoms with van der Waals surface area (Å²) < 4.78 is 0. The number of halogens is 2. The van der Waals surface area contributed by atoms with Crippen LogP contribution in [0.4, 0.5) is 5.69 Å². The van der Waals surface area contributed by atoms with Gasteiger partial charge >= 0.3 is 0 Å². The lowest BCUT2D eigenvalue weighted by atomic mass is 10.1. The quantitative estimate of drug-likeness (QED) is 0.888. The molecular formula is C15H13Cl2NO2. The average Bonchev–Trinajstić information content (AvgIpc) is 2.42. The molecule has 2 rings (SSSR count). The Morgan fingerprint density at radius 1 is 1.15 bits per heavy atom. The highest BCUT2D eigenvalue weighted by molar-refractivity contribution is 6.36. The van der Waals surface area contributed by atoms with E-state index in [1.807, 2.05) is 0 Å². The van der Waals surface area contributed by atoms with Gasteiger partial charge in [0.05, 0.1) is 16.7 Å². The van der Waals surface area contributed by atoms with E-state index in [0.29, 0.717) is 21.3 Å². The van der Waals surface area contributed by atoms with E-state index < -0.39 is 6.10 Å². The minimum absolute atomic E-state index is 0.318. The summed E-state index contributed by atoms with van der Waals surface area (Å²) >= 11 is 11.8. The normalized spacial score (nSPS) is 12.0. The second-order valence-electron chi connectivity index (χ2n) is 4.38. The molecule has 0 saturated heterocycles. The number of hydrogen-bond acceptors (Lipinski definition) is 2. The second-order valence-corrected chi connectivity index (χ2v) is 5.22. The van der Waals surface area contributed by atoms with Crippen molar-refractivity contribution in [1.82, 2.24) is 0 Å². The van der Waals surface area contributed by atoms with Gasteiger partial charge in [0.25, 0.3) is 5.91 Å². The van der Waals surface area contributed by atoms with Crippen molar-refractivity contribution in [2.75, 3.05) is 5.32 Å². The fraction of sp³-hybridized carbons (Fsp3) is 0.133. The van der Waals surface area contributed by atoms with E-state index in [4.69, 9.17) is 23.2 Å². The van der Waals surface area contributed by atoms with Gasteiger partial charge in [-0.05, 0) is 42.8 Å². The Kier molecular flexibility index (Phi) is 4.65. The van der Waals surface area contributed by atoms with Crippen LogP contribution < -0.4 is 5.32 Å². The topological polar surface area (TPSA) is 49.3 Å². The van der Waals surface area contributed by atoms with Crippen LogP contribution in [0, 0.1) is 0 Å². The first-order valence-electron chi connectivity index (χ1n) is 6.02. The molecule has 5 heteroatoms. The first-order chi connectivity index (χ1) is 9.47. The van der Waals surface area contributed by atoms with Gasteiger partial charge in [0.1, 0.15) is 0 Å². The molecule has 1 atom stereocenters. The molecule has 0 aliphatic rings. The van der Waals surface area contributed by atoms with Gasteiger partial charge in [-0.3, -0.25) is 4.79 Å². The van der Waals surface area contributed by atoms with Crippen LogP contribution in [-0.2, 0) is 0 Å². The number of carbonyl (C=O) groups is 1. The summed E-state index contributed by atoms with van der Waals surface area (Å²) in [6.45, 7) is 1.68. The number of aliphatic hydroxyl groups is 1. The van der Waals surface area contributed by atoms with Crippen molar-refractivity contribution in [3.63, 3.8) is 0 Å². The monoisotopic (exact) mass is 309 g/mol. The lowest BCUT2D eigenvalue weighted by Crippen LogP contribution is -2.12. The molecule has 0 fully saturated rings. The molecule has 2 aromatic carbocycles. The van der Waals surface area contributed by atoms with Crippen molar-refractivity contribution in [2.45, 2.75) is 13.0 Å². The van der Waals surface area contributed by atoms with Crippen molar-refractivity contribution in [3.05, 3.63) is 63.6 Å². The highest BCUT2D eigenvalue weighted by Gasteiger charge is 2.11. The average molecular weight is 310 g/mol. The molecule has 0 aliphatic heterocycles. The molecule has 0 radical (unpaired) electrons. The van der Waals surface area contributed by atoms with Gasteiger partial charge in [0.2, 0.25) is 0 Å². The number of hydrogen-bond donors (Lipinski definition) is 2. The summed E-state index contributed by atoms with van der Waals surface area (Å²) in [5.74, 6) is -0.331. The molecule has 3 nitrogen and oxygen atoms in total. The second kappa shape index (κ2) is 6.27. The fourth-order valence-corrected chi connectivity index (χ4v) is 2.09. The number of aliphatic hydroxyl groups excluding tert-OH is 1. The zero-order valence-electron chi connectivity index (χ0n) is 10.7. The zero-order valence-corrected chi connectivity index (χ0v) is 12.2. The summed E-state index contributed by atoms with van der Waals surface area (Å²) in [4.78, 5) is 12.1. The smallest absolute Gasteiger partial charge is 0.257 e. The van der Waals surface area contributed by atoms with Crippen LogP contribution in [0.1, 0.15) is 28.9 Å². The minimum atomic E-state index is -0.540. The molecule has 104 valence electrons. The predicted octanol–water partition coefficient (Wildman–Crippen LogP) is 4.30. The Morgan fingerprint density at radius 2 is 1.80 bits per heavy atom. The number of benzene rings is 2. The van der Waals surface area contributed by atoms with Gasteiger partial charge in [0.15, 0.2) is 0 Å². The van der Waals surface area contributed by atoms with Crippen LogP contribution in [0.5, 0.6) is 0 Å². The van der Waals surface area contributed by atoms with Crippen molar-refractivity contribution in [1.29, 1.82) is 0 Å². The number of rotatable bonds is 3. The molecule has 0 aromatic heterocycles. The van der Waals surface area contributed by atoms with E-state index in [-0.39, 0.29) is 5.91 Å². The number of anilines is 1. The predicted molar refractivity (Wildman–Crippen MR) is 81.5 cm³/mol. The molecule has 0 heterocycles. The maximum absolute atomic E-state index is 12.1. The molecule has 2 aromatic rings. The van der Waals surface area contributed by atoms with E-state index in [1.165, 1.54) is 6.07 Å². The summed E-state index contributed by atoms with van der Waals surface area (Å²) in [5.41, 5.74) is 1.72. The maximum Gasteiger partial charge on any atom is 0.257 e. The molecule has 0 bridgehead atoms. The summed E-state index contributed by atoms with van der Waals surface area (Å²) in [5, 5.41) is 12.9. The van der Waals surface area contributed by atoms with Crippen LogP contribution >= 0.6 is 23.2 Å². The zero-order chi connectivity index (χ0) is 14.7. The molecule has 0 spiro atoms. The molecule has 0 aliphatic carbocycles. The van der Waals surface area contributed by atoms with Gasteiger partial charge in [-0.25, -0.2) is 0 Å². The Bertz CT molecular complexity index is 624. The molecular weight excluding hydrogens is 297 g/mol. The Hall–Kier alpha value is -1.55. The largest absolute Gasteiger partial charge is 0.389 e. The Morgan fingerprint density at radius 3 is 2.40 bits per heavy atom.